The molecular weight excluding hydrogens is 573 g/mol. The van der Waals surface area contributed by atoms with E-state index in [1.807, 2.05) is 32.9 Å². The average Bonchev–Trinajstić information content (AvgIpc) is 3.26. The van der Waals surface area contributed by atoms with E-state index >= 15 is 0 Å². The molecule has 0 bridgehead atoms. The molecule has 1 unspecified atom stereocenters. The van der Waals surface area contributed by atoms with Crippen LogP contribution in [0.15, 0.2) is 24.3 Å². The van der Waals surface area contributed by atoms with Gasteiger partial charge < -0.3 is 24.1 Å². The Morgan fingerprint density at radius 3 is 1.93 bits per heavy atom. The normalized spacial score (nSPS) is 19.4. The zero-order valence-corrected chi connectivity index (χ0v) is 31.9. The Morgan fingerprint density at radius 1 is 0.953 bits per heavy atom. The van der Waals surface area contributed by atoms with Crippen molar-refractivity contribution in [1.82, 2.24) is 4.90 Å². The molecule has 248 valence electrons. The maximum atomic E-state index is 13.2. The molecule has 1 saturated heterocycles. The highest BCUT2D eigenvalue weighted by Crippen LogP contribution is 2.46. The van der Waals surface area contributed by atoms with E-state index in [1.54, 1.807) is 4.90 Å². The van der Waals surface area contributed by atoms with Crippen molar-refractivity contribution in [2.75, 3.05) is 19.7 Å². The fraction of sp³-hybridized carbons (Fsp3) is 0.794. The molecule has 3 atom stereocenters. The van der Waals surface area contributed by atoms with Crippen LogP contribution in [0.2, 0.25) is 34.8 Å². The highest BCUT2D eigenvalue weighted by Gasteiger charge is 2.47. The molecule has 0 radical (unpaired) electrons. The smallest absolute Gasteiger partial charge is 0.410 e. The molecule has 0 aromatic heterocycles. The molecule has 1 aromatic carbocycles. The van der Waals surface area contributed by atoms with E-state index in [0.717, 1.165) is 24.2 Å². The summed E-state index contributed by atoms with van der Waals surface area (Å²) >= 11 is 0. The second-order valence-electron chi connectivity index (χ2n) is 15.8. The molecule has 1 aromatic rings. The van der Waals surface area contributed by atoms with E-state index in [-0.39, 0.29) is 29.4 Å². The third kappa shape index (κ3) is 9.55. The summed E-state index contributed by atoms with van der Waals surface area (Å²) in [6.07, 6.45) is 0.950. The van der Waals surface area contributed by atoms with Crippen molar-refractivity contribution in [2.45, 2.75) is 155 Å². The van der Waals surface area contributed by atoms with Gasteiger partial charge in [-0.1, -0.05) is 74.4 Å². The molecule has 1 fully saturated rings. The van der Waals surface area contributed by atoms with Gasteiger partial charge in [-0.05, 0) is 86.2 Å². The van der Waals surface area contributed by atoms with Crippen LogP contribution in [0.5, 0.6) is 5.75 Å². The third-order valence-corrected chi connectivity index (χ3v) is 20.2. The van der Waals surface area contributed by atoms with Gasteiger partial charge in [0.25, 0.3) is 0 Å². The molecule has 0 aliphatic carbocycles. The lowest BCUT2D eigenvalue weighted by atomic mass is 10.1. The zero-order valence-electron chi connectivity index (χ0n) is 29.9. The number of carbonyl (C=O) groups is 1. The maximum absolute atomic E-state index is 13.2. The van der Waals surface area contributed by atoms with Crippen LogP contribution < -0.4 is 10.5 Å². The van der Waals surface area contributed by atoms with E-state index in [0.29, 0.717) is 36.3 Å². The largest absolute Gasteiger partial charge is 0.488 e. The van der Waals surface area contributed by atoms with Gasteiger partial charge in [-0.15, -0.1) is 0 Å². The van der Waals surface area contributed by atoms with Gasteiger partial charge in [-0.3, -0.25) is 4.90 Å². The highest BCUT2D eigenvalue weighted by molar-refractivity contribution is 6.77. The number of nitrogens with zero attached hydrogens (tertiary/aromatic N) is 1. The molecule has 0 saturated carbocycles. The Hall–Kier alpha value is -1.40. The van der Waals surface area contributed by atoms with Gasteiger partial charge in [0.2, 0.25) is 8.32 Å². The lowest BCUT2D eigenvalue weighted by Gasteiger charge is -2.44. The van der Waals surface area contributed by atoms with Crippen LogP contribution in [0.4, 0.5) is 4.79 Å². The monoisotopic (exact) mass is 636 g/mol. The lowest BCUT2D eigenvalue weighted by Crippen LogP contribution is -2.50. The summed E-state index contributed by atoms with van der Waals surface area (Å²) in [5, 5.41) is 0.0673. The van der Waals surface area contributed by atoms with Crippen molar-refractivity contribution in [3.8, 4) is 5.75 Å². The number of carbonyl (C=O) groups excluding carboxylic acids is 1. The number of ether oxygens (including phenoxy) is 2. The topological polar surface area (TPSA) is 83.3 Å². The van der Waals surface area contributed by atoms with Crippen LogP contribution in [-0.4, -0.2) is 65.1 Å². The minimum atomic E-state index is -2.08. The first-order chi connectivity index (χ1) is 19.7. The molecule has 1 amide bonds. The summed E-state index contributed by atoms with van der Waals surface area (Å²) in [7, 11) is -4.12. The van der Waals surface area contributed by atoms with Crippen LogP contribution in [0.25, 0.3) is 0 Å². The van der Waals surface area contributed by atoms with Crippen molar-refractivity contribution >= 4 is 22.7 Å². The standard InChI is InChI=1S/C34H64N2O5Si2/c1-24(2)43(25(3)4,26(5)6)41-30(19-21-35)27-15-17-28(18-16-27)39-31-20-22-36(32(37)40-33(7,8)9)29(31)23-38-42(13,14)34(10,11)12/h15-18,24-26,29-31H,19-23,35H2,1-14H3/t29-,30?,31-/m1/s1. The summed E-state index contributed by atoms with van der Waals surface area (Å²) in [5.41, 5.74) is 8.14. The third-order valence-electron chi connectivity index (χ3n) is 9.55. The number of rotatable bonds is 13. The zero-order chi connectivity index (χ0) is 33.0. The molecule has 2 rings (SSSR count). The van der Waals surface area contributed by atoms with Gasteiger partial charge in [-0.2, -0.15) is 0 Å². The molecule has 7 nitrogen and oxygen atoms in total. The maximum Gasteiger partial charge on any atom is 0.410 e. The molecule has 1 aliphatic rings. The number of amides is 1. The fourth-order valence-corrected chi connectivity index (χ4v) is 12.8. The molecule has 2 N–H and O–H groups in total. The minimum absolute atomic E-state index is 0.0437. The quantitative estimate of drug-likeness (QED) is 0.218. The Morgan fingerprint density at radius 2 is 1.49 bits per heavy atom. The number of hydrogen-bond acceptors (Lipinski definition) is 6. The van der Waals surface area contributed by atoms with Crippen molar-refractivity contribution in [1.29, 1.82) is 0 Å². The second-order valence-corrected chi connectivity index (χ2v) is 26.0. The predicted octanol–water partition coefficient (Wildman–Crippen LogP) is 9.05. The summed E-state index contributed by atoms with van der Waals surface area (Å²) in [6, 6.07) is 8.09. The van der Waals surface area contributed by atoms with Crippen LogP contribution >= 0.6 is 0 Å². The van der Waals surface area contributed by atoms with Gasteiger partial charge in [0, 0.05) is 13.0 Å². The Kier molecular flexibility index (Phi) is 13.0. The van der Waals surface area contributed by atoms with Gasteiger partial charge in [0.15, 0.2) is 8.32 Å². The van der Waals surface area contributed by atoms with E-state index in [2.05, 4.69) is 87.5 Å². The average molecular weight is 637 g/mol. The number of nitrogens with two attached hydrogens (primary N) is 1. The Bertz CT molecular complexity index is 993. The summed E-state index contributed by atoms with van der Waals surface area (Å²) in [6.45, 7) is 32.3. The Balaban J connectivity index is 2.30. The number of benzene rings is 1. The second kappa shape index (κ2) is 14.8. The van der Waals surface area contributed by atoms with Crippen molar-refractivity contribution in [3.63, 3.8) is 0 Å². The van der Waals surface area contributed by atoms with Gasteiger partial charge in [0.1, 0.15) is 17.5 Å². The number of hydrogen-bond donors (Lipinski definition) is 1. The molecular formula is C34H64N2O5Si2. The van der Waals surface area contributed by atoms with Gasteiger partial charge in [-0.25, -0.2) is 4.79 Å². The minimum Gasteiger partial charge on any atom is -0.488 e. The molecule has 9 heteroatoms. The van der Waals surface area contributed by atoms with Crippen molar-refractivity contribution < 1.29 is 23.1 Å². The fourth-order valence-electron chi connectivity index (χ4n) is 6.25. The molecule has 0 spiro atoms. The van der Waals surface area contributed by atoms with E-state index in [1.165, 1.54) is 0 Å². The van der Waals surface area contributed by atoms with E-state index in [4.69, 9.17) is 24.1 Å². The molecule has 1 heterocycles. The lowest BCUT2D eigenvalue weighted by molar-refractivity contribution is 0.0100. The first-order valence-corrected chi connectivity index (χ1v) is 21.5. The molecule has 1 aliphatic heterocycles. The predicted molar refractivity (Wildman–Crippen MR) is 184 cm³/mol. The van der Waals surface area contributed by atoms with Crippen LogP contribution in [-0.2, 0) is 13.6 Å². The van der Waals surface area contributed by atoms with Crippen molar-refractivity contribution in [3.05, 3.63) is 29.8 Å². The van der Waals surface area contributed by atoms with Crippen LogP contribution in [0.3, 0.4) is 0 Å². The van der Waals surface area contributed by atoms with E-state index in [9.17, 15) is 4.79 Å². The Labute approximate surface area is 265 Å². The van der Waals surface area contributed by atoms with Crippen LogP contribution in [0.1, 0.15) is 108 Å². The van der Waals surface area contributed by atoms with Crippen molar-refractivity contribution in [2.24, 2.45) is 5.73 Å². The first kappa shape index (κ1) is 37.8. The first-order valence-electron chi connectivity index (χ1n) is 16.4. The van der Waals surface area contributed by atoms with Crippen LogP contribution in [0, 0.1) is 0 Å². The molecule has 43 heavy (non-hydrogen) atoms. The summed E-state index contributed by atoms with van der Waals surface area (Å²) in [5.74, 6) is 0.781. The number of likely N-dealkylation sites (tertiary alicyclic amines) is 1. The van der Waals surface area contributed by atoms with E-state index < -0.39 is 22.2 Å². The highest BCUT2D eigenvalue weighted by atomic mass is 28.4. The summed E-state index contributed by atoms with van der Waals surface area (Å²) < 4.78 is 26.1. The van der Waals surface area contributed by atoms with Gasteiger partial charge >= 0.3 is 6.09 Å². The SMILES string of the molecule is CC(C)[Si](OC(CCN)c1ccc(O[C@@H]2CCN(C(=O)OC(C)(C)C)[C@@H]2CO[Si](C)(C)C(C)(C)C)cc1)(C(C)C)C(C)C. The summed E-state index contributed by atoms with van der Waals surface area (Å²) in [4.78, 5) is 15.0. The van der Waals surface area contributed by atoms with Gasteiger partial charge in [0.05, 0.1) is 18.8 Å².